The molecule has 0 atom stereocenters. The molecule has 2 N–H and O–H groups in total. The predicted octanol–water partition coefficient (Wildman–Crippen LogP) is 8.50. The molecule has 0 unspecified atom stereocenters. The summed E-state index contributed by atoms with van der Waals surface area (Å²) in [6.07, 6.45) is 1.52. The Balaban J connectivity index is 1.31. The number of rotatable bonds is 8. The van der Waals surface area contributed by atoms with Gasteiger partial charge in [-0.15, -0.1) is 11.3 Å². The quantitative estimate of drug-likeness (QED) is 0.219. The molecule has 10 heteroatoms. The second-order valence-corrected chi connectivity index (χ2v) is 10.9. The number of thiazole rings is 1. The predicted molar refractivity (Wildman–Crippen MR) is 154 cm³/mol. The minimum absolute atomic E-state index is 0.126. The number of anilines is 3. The Hall–Kier alpha value is -4.18. The lowest BCUT2D eigenvalue weighted by Crippen LogP contribution is -2.26. The van der Waals surface area contributed by atoms with Crippen molar-refractivity contribution in [1.82, 2.24) is 4.98 Å². The SMILES string of the molecule is O=C(O)c1ccc(N(CC2CCCCC2)c2nc(-c3ccc(NC(=O)c4ccc(C(F)(F)F)cc4)cc3)cs2)cc1. The van der Waals surface area contributed by atoms with E-state index in [1.807, 2.05) is 29.6 Å². The maximum absolute atomic E-state index is 12.8. The second kappa shape index (κ2) is 12.1. The zero-order valence-corrected chi connectivity index (χ0v) is 22.8. The standard InChI is InChI=1S/C31H28F3N3O3S/c32-31(33,34)24-12-6-22(7-13-24)28(38)35-25-14-8-21(9-15-25)27-19-41-30(36-27)37(18-20-4-2-1-3-5-20)26-16-10-23(11-17-26)29(39)40/h6-17,19-20H,1-5,18H2,(H,35,38)(H,39,40). The Bertz CT molecular complexity index is 1490. The van der Waals surface area contributed by atoms with E-state index in [2.05, 4.69) is 10.2 Å². The van der Waals surface area contributed by atoms with Gasteiger partial charge in [0.2, 0.25) is 0 Å². The highest BCUT2D eigenvalue weighted by Crippen LogP contribution is 2.36. The summed E-state index contributed by atoms with van der Waals surface area (Å²) in [5.41, 5.74) is 2.56. The minimum Gasteiger partial charge on any atom is -0.478 e. The molecule has 1 fully saturated rings. The van der Waals surface area contributed by atoms with E-state index in [0.717, 1.165) is 65.7 Å². The van der Waals surface area contributed by atoms with Crippen LogP contribution < -0.4 is 10.2 Å². The summed E-state index contributed by atoms with van der Waals surface area (Å²) < 4.78 is 38.4. The van der Waals surface area contributed by atoms with Gasteiger partial charge in [0.1, 0.15) is 0 Å². The lowest BCUT2D eigenvalue weighted by molar-refractivity contribution is -0.137. The minimum atomic E-state index is -4.46. The highest BCUT2D eigenvalue weighted by Gasteiger charge is 2.30. The fraction of sp³-hybridized carbons (Fsp3) is 0.258. The number of nitrogens with zero attached hydrogens (tertiary/aromatic N) is 2. The van der Waals surface area contributed by atoms with Gasteiger partial charge in [0.05, 0.1) is 16.8 Å². The highest BCUT2D eigenvalue weighted by atomic mass is 32.1. The fourth-order valence-electron chi connectivity index (χ4n) is 4.96. The van der Waals surface area contributed by atoms with Crippen molar-refractivity contribution in [2.45, 2.75) is 38.3 Å². The van der Waals surface area contributed by atoms with Crippen LogP contribution in [0.4, 0.5) is 29.7 Å². The van der Waals surface area contributed by atoms with Gasteiger partial charge in [-0.2, -0.15) is 13.2 Å². The van der Waals surface area contributed by atoms with Gasteiger partial charge in [-0.1, -0.05) is 31.4 Å². The molecule has 1 saturated carbocycles. The van der Waals surface area contributed by atoms with Crippen molar-refractivity contribution < 1.29 is 27.9 Å². The largest absolute Gasteiger partial charge is 0.478 e. The van der Waals surface area contributed by atoms with Crippen molar-refractivity contribution in [3.8, 4) is 11.3 Å². The first-order valence-corrected chi connectivity index (χ1v) is 14.2. The van der Waals surface area contributed by atoms with E-state index in [1.165, 1.54) is 30.6 Å². The van der Waals surface area contributed by atoms with Crippen LogP contribution in [-0.2, 0) is 6.18 Å². The third-order valence-electron chi connectivity index (χ3n) is 7.23. The molecule has 4 aromatic rings. The molecule has 1 aliphatic carbocycles. The third kappa shape index (κ3) is 6.94. The van der Waals surface area contributed by atoms with E-state index in [4.69, 9.17) is 4.98 Å². The fourth-order valence-corrected chi connectivity index (χ4v) is 5.83. The van der Waals surface area contributed by atoms with Crippen LogP contribution in [0.25, 0.3) is 11.3 Å². The summed E-state index contributed by atoms with van der Waals surface area (Å²) in [6.45, 7) is 0.800. The van der Waals surface area contributed by atoms with Gasteiger partial charge in [0, 0.05) is 34.4 Å². The smallest absolute Gasteiger partial charge is 0.416 e. The van der Waals surface area contributed by atoms with Crippen LogP contribution in [0.1, 0.15) is 58.4 Å². The van der Waals surface area contributed by atoms with Crippen LogP contribution in [0, 0.1) is 5.92 Å². The van der Waals surface area contributed by atoms with Gasteiger partial charge in [-0.05, 0) is 79.4 Å². The van der Waals surface area contributed by atoms with Crippen molar-refractivity contribution in [1.29, 1.82) is 0 Å². The number of aromatic nitrogens is 1. The van der Waals surface area contributed by atoms with Crippen LogP contribution >= 0.6 is 11.3 Å². The van der Waals surface area contributed by atoms with E-state index in [0.29, 0.717) is 11.6 Å². The molecule has 41 heavy (non-hydrogen) atoms. The summed E-state index contributed by atoms with van der Waals surface area (Å²) in [5.74, 6) is -0.941. The number of alkyl halides is 3. The number of nitrogens with one attached hydrogen (secondary N) is 1. The molecule has 212 valence electrons. The molecule has 0 bridgehead atoms. The number of hydrogen-bond acceptors (Lipinski definition) is 5. The van der Waals surface area contributed by atoms with Gasteiger partial charge in [0.15, 0.2) is 5.13 Å². The number of carboxylic acids is 1. The van der Waals surface area contributed by atoms with Crippen LogP contribution in [-0.4, -0.2) is 28.5 Å². The Morgan fingerprint density at radius 2 is 1.54 bits per heavy atom. The monoisotopic (exact) mass is 579 g/mol. The summed E-state index contributed by atoms with van der Waals surface area (Å²) in [4.78, 5) is 30.9. The van der Waals surface area contributed by atoms with Gasteiger partial charge in [-0.25, -0.2) is 9.78 Å². The number of benzene rings is 3. The molecular weight excluding hydrogens is 551 g/mol. The van der Waals surface area contributed by atoms with Crippen molar-refractivity contribution in [3.63, 3.8) is 0 Å². The average molecular weight is 580 g/mol. The summed E-state index contributed by atoms with van der Waals surface area (Å²) in [5, 5.41) is 14.8. The van der Waals surface area contributed by atoms with E-state index < -0.39 is 23.6 Å². The van der Waals surface area contributed by atoms with Crippen molar-refractivity contribution in [2.24, 2.45) is 5.92 Å². The molecule has 1 heterocycles. The van der Waals surface area contributed by atoms with E-state index in [1.54, 1.807) is 24.3 Å². The van der Waals surface area contributed by atoms with Crippen LogP contribution in [0.2, 0.25) is 0 Å². The normalized spacial score (nSPS) is 14.0. The lowest BCUT2D eigenvalue weighted by Gasteiger charge is -2.29. The molecule has 3 aromatic carbocycles. The molecule has 1 aliphatic rings. The number of halogens is 3. The van der Waals surface area contributed by atoms with E-state index >= 15 is 0 Å². The first-order valence-electron chi connectivity index (χ1n) is 13.3. The van der Waals surface area contributed by atoms with Crippen molar-refractivity contribution in [2.75, 3.05) is 16.8 Å². The number of aromatic carboxylic acids is 1. The number of carbonyl (C=O) groups excluding carboxylic acids is 1. The summed E-state index contributed by atoms with van der Waals surface area (Å²) in [6, 6.07) is 18.0. The van der Waals surface area contributed by atoms with Gasteiger partial charge < -0.3 is 15.3 Å². The van der Waals surface area contributed by atoms with E-state index in [-0.39, 0.29) is 11.1 Å². The molecule has 0 spiro atoms. The molecular formula is C31H28F3N3O3S. The molecule has 1 aromatic heterocycles. The summed E-state index contributed by atoms with van der Waals surface area (Å²) in [7, 11) is 0. The molecule has 6 nitrogen and oxygen atoms in total. The number of carboxylic acid groups (broad SMARTS) is 1. The van der Waals surface area contributed by atoms with E-state index in [9.17, 15) is 27.9 Å². The lowest BCUT2D eigenvalue weighted by atomic mass is 9.89. The Morgan fingerprint density at radius 3 is 2.15 bits per heavy atom. The van der Waals surface area contributed by atoms with Crippen LogP contribution in [0.15, 0.2) is 78.2 Å². The first-order chi connectivity index (χ1) is 19.7. The third-order valence-corrected chi connectivity index (χ3v) is 8.09. The Morgan fingerprint density at radius 1 is 0.902 bits per heavy atom. The van der Waals surface area contributed by atoms with Crippen molar-refractivity contribution in [3.05, 3.63) is 94.9 Å². The van der Waals surface area contributed by atoms with Crippen LogP contribution in [0.5, 0.6) is 0 Å². The Labute approximate surface area is 239 Å². The molecule has 0 radical (unpaired) electrons. The number of hydrogen-bond donors (Lipinski definition) is 2. The average Bonchev–Trinajstić information content (AvgIpc) is 3.46. The summed E-state index contributed by atoms with van der Waals surface area (Å²) >= 11 is 1.51. The maximum atomic E-state index is 12.8. The van der Waals surface area contributed by atoms with Gasteiger partial charge in [0.25, 0.3) is 5.91 Å². The molecule has 0 aliphatic heterocycles. The van der Waals surface area contributed by atoms with Crippen molar-refractivity contribution >= 4 is 39.7 Å². The second-order valence-electron chi connectivity index (χ2n) is 10.1. The zero-order chi connectivity index (χ0) is 29.0. The maximum Gasteiger partial charge on any atom is 0.416 e. The first kappa shape index (κ1) is 28.4. The van der Waals surface area contributed by atoms with Gasteiger partial charge >= 0.3 is 12.1 Å². The molecule has 0 saturated heterocycles. The topological polar surface area (TPSA) is 82.5 Å². The highest BCUT2D eigenvalue weighted by molar-refractivity contribution is 7.14. The Kier molecular flexibility index (Phi) is 8.39. The van der Waals surface area contributed by atoms with Crippen LogP contribution in [0.3, 0.4) is 0 Å². The van der Waals surface area contributed by atoms with Gasteiger partial charge in [-0.3, -0.25) is 4.79 Å². The number of amides is 1. The zero-order valence-electron chi connectivity index (χ0n) is 22.0. The molecule has 1 amide bonds. The number of carbonyl (C=O) groups is 2. The molecule has 5 rings (SSSR count).